The minimum atomic E-state index is -1.20. The van der Waals surface area contributed by atoms with Gasteiger partial charge in [0.2, 0.25) is 5.88 Å². The number of ether oxygens (including phenoxy) is 1. The first-order valence-corrected chi connectivity index (χ1v) is 12.2. The van der Waals surface area contributed by atoms with Crippen molar-refractivity contribution in [3.63, 3.8) is 0 Å². The first-order valence-electron chi connectivity index (χ1n) is 12.2. The lowest BCUT2D eigenvalue weighted by Crippen LogP contribution is -2.42. The van der Waals surface area contributed by atoms with Crippen LogP contribution in [0.15, 0.2) is 104 Å². The quantitative estimate of drug-likeness (QED) is 0.302. The van der Waals surface area contributed by atoms with E-state index in [0.717, 1.165) is 9.13 Å². The van der Waals surface area contributed by atoms with Gasteiger partial charge >= 0.3 is 11.4 Å². The monoisotopic (exact) mass is 539 g/mol. The van der Waals surface area contributed by atoms with Crippen LogP contribution in [0.3, 0.4) is 0 Å². The summed E-state index contributed by atoms with van der Waals surface area (Å²) in [5, 5.41) is 13.8. The SMILES string of the molecule is O=c1[nH]c(=O)n(Cc2ccccc2)c([O-])c1C1c2ccccc2Oc2[nH]c(=O)n(Cc3ccccc3)c(=O)c21.[NH4+]. The number of benzene rings is 3. The van der Waals surface area contributed by atoms with Crippen LogP contribution in [0.25, 0.3) is 0 Å². The Morgan fingerprint density at radius 2 is 1.25 bits per heavy atom. The molecule has 0 amide bonds. The highest BCUT2D eigenvalue weighted by Crippen LogP contribution is 2.44. The number of nitrogens with one attached hydrogen (secondary N) is 2. The highest BCUT2D eigenvalue weighted by atomic mass is 16.5. The normalized spacial score (nSPS) is 13.4. The van der Waals surface area contributed by atoms with Crippen LogP contribution >= 0.6 is 0 Å². The molecule has 1 aliphatic rings. The van der Waals surface area contributed by atoms with Crippen LogP contribution in [-0.4, -0.2) is 19.1 Å². The van der Waals surface area contributed by atoms with Crippen LogP contribution in [0.1, 0.15) is 33.7 Å². The molecule has 3 aromatic carbocycles. The van der Waals surface area contributed by atoms with Crippen molar-refractivity contribution < 1.29 is 9.84 Å². The summed E-state index contributed by atoms with van der Waals surface area (Å²) in [6.07, 6.45) is 0. The van der Waals surface area contributed by atoms with Gasteiger partial charge in [0.25, 0.3) is 11.1 Å². The molecule has 11 heteroatoms. The van der Waals surface area contributed by atoms with Crippen molar-refractivity contribution in [2.75, 3.05) is 0 Å². The third-order valence-corrected chi connectivity index (χ3v) is 6.76. The fraction of sp³-hybridized carbons (Fsp3) is 0.103. The standard InChI is InChI=1S/C29H22N4O6.H3N/c34-24-22(26(35)32(28(37)30-24)15-17-9-3-1-4-10-17)21-19-13-7-8-14-20(19)39-25-23(21)27(36)33(29(38)31-25)16-18-11-5-2-6-12-18;/h1-14,21,35H,15-16H2,(H,31,38)(H,30,34,37);1H3. The summed E-state index contributed by atoms with van der Waals surface area (Å²) in [7, 11) is 0. The van der Waals surface area contributed by atoms with Crippen molar-refractivity contribution >= 4 is 0 Å². The zero-order chi connectivity index (χ0) is 27.1. The zero-order valence-corrected chi connectivity index (χ0v) is 21.4. The van der Waals surface area contributed by atoms with Crippen molar-refractivity contribution in [1.82, 2.24) is 25.3 Å². The lowest BCUT2D eigenvalue weighted by Gasteiger charge is -2.30. The number of aromatic nitrogens is 4. The van der Waals surface area contributed by atoms with Gasteiger partial charge in [-0.25, -0.2) is 9.59 Å². The molecule has 1 aliphatic heterocycles. The Kier molecular flexibility index (Phi) is 6.80. The Balaban J connectivity index is 0.00000323. The average Bonchev–Trinajstić information content (AvgIpc) is 2.94. The second kappa shape index (κ2) is 10.4. The van der Waals surface area contributed by atoms with Crippen LogP contribution in [-0.2, 0) is 13.1 Å². The predicted molar refractivity (Wildman–Crippen MR) is 147 cm³/mol. The molecule has 11 nitrogen and oxygen atoms in total. The number of fused-ring (bicyclic) bond motifs is 2. The van der Waals surface area contributed by atoms with Crippen LogP contribution in [0.5, 0.6) is 17.5 Å². The van der Waals surface area contributed by atoms with Crippen LogP contribution in [0.4, 0.5) is 0 Å². The number of hydrogen-bond acceptors (Lipinski definition) is 6. The fourth-order valence-electron chi connectivity index (χ4n) is 4.92. The van der Waals surface area contributed by atoms with Crippen molar-refractivity contribution in [2.45, 2.75) is 19.0 Å². The maximum atomic E-state index is 13.9. The second-order valence-corrected chi connectivity index (χ2v) is 9.17. The number of hydrogen-bond donors (Lipinski definition) is 3. The number of nitrogens with zero attached hydrogens (tertiary/aromatic N) is 2. The van der Waals surface area contributed by atoms with Gasteiger partial charge < -0.3 is 20.6 Å². The molecule has 0 spiro atoms. The Morgan fingerprint density at radius 3 is 1.90 bits per heavy atom. The largest absolute Gasteiger partial charge is 0.860 e. The van der Waals surface area contributed by atoms with Gasteiger partial charge in [0, 0.05) is 11.1 Å². The van der Waals surface area contributed by atoms with Gasteiger partial charge in [-0.15, -0.1) is 0 Å². The summed E-state index contributed by atoms with van der Waals surface area (Å²) >= 11 is 0. The minimum Gasteiger partial charge on any atom is -0.860 e. The van der Waals surface area contributed by atoms with Gasteiger partial charge in [-0.05, 0) is 23.1 Å². The topological polar surface area (TPSA) is 179 Å². The lowest BCUT2D eigenvalue weighted by molar-refractivity contribution is -0.281. The zero-order valence-electron chi connectivity index (χ0n) is 21.4. The van der Waals surface area contributed by atoms with Crippen LogP contribution in [0.2, 0.25) is 0 Å². The van der Waals surface area contributed by atoms with Gasteiger partial charge in [0.1, 0.15) is 5.75 Å². The summed E-state index contributed by atoms with van der Waals surface area (Å²) in [6.45, 7) is -0.116. The number of para-hydroxylation sites is 1. The van der Waals surface area contributed by atoms with E-state index in [0.29, 0.717) is 16.7 Å². The van der Waals surface area contributed by atoms with Crippen molar-refractivity contribution in [1.29, 1.82) is 0 Å². The summed E-state index contributed by atoms with van der Waals surface area (Å²) < 4.78 is 7.80. The maximum absolute atomic E-state index is 13.9. The molecule has 5 aromatic rings. The molecule has 3 heterocycles. The molecular weight excluding hydrogens is 514 g/mol. The molecule has 1 atom stereocenters. The third kappa shape index (κ3) is 4.44. The van der Waals surface area contributed by atoms with Crippen LogP contribution < -0.4 is 38.5 Å². The lowest BCUT2D eigenvalue weighted by atomic mass is 9.84. The van der Waals surface area contributed by atoms with E-state index in [1.165, 1.54) is 0 Å². The molecule has 6 N–H and O–H groups in total. The van der Waals surface area contributed by atoms with E-state index in [-0.39, 0.29) is 42.0 Å². The molecular formula is C29H25N5O6. The van der Waals surface area contributed by atoms with Gasteiger partial charge in [-0.3, -0.25) is 24.1 Å². The van der Waals surface area contributed by atoms with Gasteiger partial charge in [0.05, 0.1) is 24.6 Å². The Hall–Kier alpha value is -5.42. The van der Waals surface area contributed by atoms with E-state index in [1.807, 2.05) is 6.07 Å². The molecule has 6 rings (SSSR count). The smallest absolute Gasteiger partial charge is 0.331 e. The summed E-state index contributed by atoms with van der Waals surface area (Å²) in [5.74, 6) is -1.92. The van der Waals surface area contributed by atoms with Gasteiger partial charge in [-0.2, -0.15) is 0 Å². The second-order valence-electron chi connectivity index (χ2n) is 9.17. The third-order valence-electron chi connectivity index (χ3n) is 6.76. The first kappa shape index (κ1) is 26.2. The average molecular weight is 540 g/mol. The first-order chi connectivity index (χ1) is 18.9. The van der Waals surface area contributed by atoms with E-state index in [4.69, 9.17) is 4.74 Å². The Morgan fingerprint density at radius 1 is 0.700 bits per heavy atom. The highest BCUT2D eigenvalue weighted by Gasteiger charge is 2.36. The van der Waals surface area contributed by atoms with Gasteiger partial charge in [-0.1, -0.05) is 78.9 Å². The van der Waals surface area contributed by atoms with E-state index in [9.17, 15) is 24.3 Å². The van der Waals surface area contributed by atoms with Crippen LogP contribution in [0, 0.1) is 0 Å². The van der Waals surface area contributed by atoms with Crippen molar-refractivity contribution in [3.05, 3.63) is 154 Å². The molecule has 0 saturated heterocycles. The minimum absolute atomic E-state index is 0. The van der Waals surface area contributed by atoms with E-state index in [1.54, 1.807) is 78.9 Å². The summed E-state index contributed by atoms with van der Waals surface area (Å²) in [4.78, 5) is 57.7. The number of quaternary nitrogens is 1. The predicted octanol–water partition coefficient (Wildman–Crippen LogP) is 2.22. The number of H-pyrrole nitrogens is 2. The Labute approximate surface area is 226 Å². The van der Waals surface area contributed by atoms with E-state index < -0.39 is 34.3 Å². The molecule has 202 valence electrons. The van der Waals surface area contributed by atoms with Gasteiger partial charge in [0.15, 0.2) is 0 Å². The van der Waals surface area contributed by atoms with E-state index in [2.05, 4.69) is 9.97 Å². The molecule has 40 heavy (non-hydrogen) atoms. The number of aromatic amines is 2. The summed E-state index contributed by atoms with van der Waals surface area (Å²) in [6, 6.07) is 24.4. The molecule has 0 radical (unpaired) electrons. The Bertz CT molecular complexity index is 1940. The molecule has 0 aliphatic carbocycles. The number of rotatable bonds is 5. The molecule has 0 saturated carbocycles. The van der Waals surface area contributed by atoms with E-state index >= 15 is 0 Å². The highest BCUT2D eigenvalue weighted by molar-refractivity contribution is 5.56. The molecule has 2 aromatic heterocycles. The molecule has 1 unspecified atom stereocenters. The summed E-state index contributed by atoms with van der Waals surface area (Å²) in [5.41, 5.74) is -1.82. The van der Waals surface area contributed by atoms with Crippen molar-refractivity contribution in [3.8, 4) is 17.5 Å². The van der Waals surface area contributed by atoms with Crippen molar-refractivity contribution in [2.24, 2.45) is 0 Å². The maximum Gasteiger partial charge on any atom is 0.331 e. The fourth-order valence-corrected chi connectivity index (χ4v) is 4.92. The molecule has 0 bridgehead atoms. The molecule has 0 fully saturated rings.